The number of pyridine rings is 1. The minimum absolute atomic E-state index is 0.172. The summed E-state index contributed by atoms with van der Waals surface area (Å²) in [6.07, 6.45) is 2.71. The molecule has 0 radical (unpaired) electrons. The number of nitrogens with zero attached hydrogens (tertiary/aromatic N) is 4. The summed E-state index contributed by atoms with van der Waals surface area (Å²) in [5, 5.41) is 25.0. The Morgan fingerprint density at radius 1 is 1.19 bits per heavy atom. The van der Waals surface area contributed by atoms with E-state index in [0.717, 1.165) is 42.6 Å². The Hall–Kier alpha value is -4.13. The molecule has 3 aromatic heterocycles. The van der Waals surface area contributed by atoms with Crippen LogP contribution in [0, 0.1) is 6.92 Å². The molecule has 4 heterocycles. The number of piperidine rings is 1. The van der Waals surface area contributed by atoms with Crippen LogP contribution in [0.4, 0.5) is 19.0 Å². The highest BCUT2D eigenvalue weighted by molar-refractivity contribution is 5.82. The number of aromatic nitrogens is 4. The summed E-state index contributed by atoms with van der Waals surface area (Å²) in [5.74, 6) is -1.87. The van der Waals surface area contributed by atoms with Crippen molar-refractivity contribution >= 4 is 22.9 Å². The van der Waals surface area contributed by atoms with Crippen molar-refractivity contribution in [1.82, 2.24) is 25.1 Å². The van der Waals surface area contributed by atoms with Gasteiger partial charge in [-0.25, -0.2) is 14.8 Å². The average Bonchev–Trinajstić information content (AvgIpc) is 3.48. The Bertz CT molecular complexity index is 1350. The number of nitrogens with one attached hydrogen (secondary N) is 1. The Balaban J connectivity index is 0.000000384. The second-order valence-electron chi connectivity index (χ2n) is 8.28. The number of nitrogens with two attached hydrogens (primary N) is 1. The van der Waals surface area contributed by atoms with Crippen LogP contribution < -0.4 is 11.1 Å². The molecule has 0 amide bonds. The predicted molar refractivity (Wildman–Crippen MR) is 124 cm³/mol. The molecule has 1 aliphatic rings. The van der Waals surface area contributed by atoms with E-state index in [0.29, 0.717) is 34.4 Å². The van der Waals surface area contributed by atoms with Crippen molar-refractivity contribution in [2.45, 2.75) is 32.0 Å². The summed E-state index contributed by atoms with van der Waals surface area (Å²) in [7, 11) is 0. The summed E-state index contributed by atoms with van der Waals surface area (Å²) in [6.45, 7) is 3.85. The molecule has 1 fully saturated rings. The highest BCUT2D eigenvalue weighted by atomic mass is 19.4. The van der Waals surface area contributed by atoms with Gasteiger partial charge >= 0.3 is 12.1 Å². The maximum atomic E-state index is 10.6. The predicted octanol–water partition coefficient (Wildman–Crippen LogP) is 3.91. The molecule has 5 N–H and O–H groups in total. The molecule has 1 aliphatic heterocycles. The highest BCUT2D eigenvalue weighted by Crippen LogP contribution is 2.33. The largest absolute Gasteiger partial charge is 0.508 e. The fourth-order valence-electron chi connectivity index (χ4n) is 3.75. The van der Waals surface area contributed by atoms with Crippen molar-refractivity contribution < 1.29 is 32.6 Å². The van der Waals surface area contributed by atoms with Crippen molar-refractivity contribution in [2.24, 2.45) is 0 Å². The molecule has 0 bridgehead atoms. The molecule has 13 heteroatoms. The van der Waals surface area contributed by atoms with Gasteiger partial charge in [0.05, 0.1) is 17.8 Å². The van der Waals surface area contributed by atoms with Crippen LogP contribution in [0.25, 0.3) is 33.7 Å². The third-order valence-corrected chi connectivity index (χ3v) is 5.72. The van der Waals surface area contributed by atoms with Gasteiger partial charge in [0.2, 0.25) is 5.89 Å². The van der Waals surface area contributed by atoms with E-state index < -0.39 is 12.1 Å². The summed E-state index contributed by atoms with van der Waals surface area (Å²) < 4.78 is 39.6. The second kappa shape index (κ2) is 9.85. The number of nitrogen functional groups attached to an aromatic ring is 1. The van der Waals surface area contributed by atoms with Crippen molar-refractivity contribution in [1.29, 1.82) is 0 Å². The van der Waals surface area contributed by atoms with Gasteiger partial charge in [0.15, 0.2) is 5.58 Å². The van der Waals surface area contributed by atoms with E-state index in [-0.39, 0.29) is 5.75 Å². The molecular weight excluding hydrogens is 481 g/mol. The van der Waals surface area contributed by atoms with Gasteiger partial charge in [0, 0.05) is 29.6 Å². The number of benzene rings is 1. The topological polar surface area (TPSA) is 152 Å². The quantitative estimate of drug-likeness (QED) is 0.325. The summed E-state index contributed by atoms with van der Waals surface area (Å²) in [4.78, 5) is 17.8. The lowest BCUT2D eigenvalue weighted by molar-refractivity contribution is -0.192. The summed E-state index contributed by atoms with van der Waals surface area (Å²) >= 11 is 0. The van der Waals surface area contributed by atoms with E-state index in [4.69, 9.17) is 20.1 Å². The third kappa shape index (κ3) is 5.40. The van der Waals surface area contributed by atoms with E-state index in [9.17, 15) is 18.3 Å². The summed E-state index contributed by atoms with van der Waals surface area (Å²) in [5.41, 5.74) is 10.5. The van der Waals surface area contributed by atoms with Crippen LogP contribution >= 0.6 is 0 Å². The first kappa shape index (κ1) is 25.0. The number of anilines is 1. The summed E-state index contributed by atoms with van der Waals surface area (Å²) in [6, 6.07) is 5.69. The van der Waals surface area contributed by atoms with Crippen molar-refractivity contribution in [2.75, 3.05) is 18.8 Å². The van der Waals surface area contributed by atoms with Gasteiger partial charge in [0.25, 0.3) is 0 Å². The Morgan fingerprint density at radius 2 is 1.89 bits per heavy atom. The minimum atomic E-state index is -5.08. The number of carbonyl (C=O) groups is 1. The molecular formula is C23H23F3N6O4. The zero-order chi connectivity index (χ0) is 26.0. The van der Waals surface area contributed by atoms with Crippen LogP contribution in [-0.4, -0.2) is 55.2 Å². The van der Waals surface area contributed by atoms with Gasteiger partial charge in [-0.15, -0.1) is 0 Å². The van der Waals surface area contributed by atoms with Gasteiger partial charge < -0.3 is 25.7 Å². The van der Waals surface area contributed by atoms with Crippen LogP contribution in [0.1, 0.15) is 24.4 Å². The van der Waals surface area contributed by atoms with Gasteiger partial charge in [-0.3, -0.25) is 4.68 Å². The molecule has 0 unspecified atom stereocenters. The molecule has 36 heavy (non-hydrogen) atoms. The number of phenols is 1. The fourth-order valence-corrected chi connectivity index (χ4v) is 3.75. The maximum Gasteiger partial charge on any atom is 0.490 e. The minimum Gasteiger partial charge on any atom is -0.508 e. The van der Waals surface area contributed by atoms with Crippen LogP contribution in [0.5, 0.6) is 5.75 Å². The molecule has 190 valence electrons. The number of carboxylic acids is 1. The Kier molecular flexibility index (Phi) is 6.84. The number of phenolic OH excluding ortho intramolecular Hbond substituents is 1. The normalized spacial score (nSPS) is 14.4. The molecule has 0 saturated carbocycles. The monoisotopic (exact) mass is 504 g/mol. The van der Waals surface area contributed by atoms with E-state index >= 15 is 0 Å². The zero-order valence-corrected chi connectivity index (χ0v) is 19.1. The third-order valence-electron chi connectivity index (χ3n) is 5.72. The maximum absolute atomic E-state index is 10.6. The number of rotatable bonds is 3. The molecule has 4 aromatic rings. The molecule has 1 aromatic carbocycles. The lowest BCUT2D eigenvalue weighted by Gasteiger charge is -2.22. The van der Waals surface area contributed by atoms with E-state index in [2.05, 4.69) is 26.6 Å². The number of hydrogen-bond donors (Lipinski definition) is 4. The highest BCUT2D eigenvalue weighted by Gasteiger charge is 2.38. The molecule has 10 nitrogen and oxygen atoms in total. The van der Waals surface area contributed by atoms with Crippen LogP contribution in [0.3, 0.4) is 0 Å². The number of oxazole rings is 1. The number of hydrogen-bond acceptors (Lipinski definition) is 8. The fraction of sp³-hybridized carbons (Fsp3) is 0.304. The van der Waals surface area contributed by atoms with Crippen LogP contribution in [0.15, 0.2) is 41.2 Å². The number of halogens is 3. The Morgan fingerprint density at radius 3 is 2.56 bits per heavy atom. The molecule has 0 aliphatic carbocycles. The molecule has 5 rings (SSSR count). The number of aryl methyl sites for hydroxylation is 1. The molecule has 0 atom stereocenters. The first-order chi connectivity index (χ1) is 17.0. The van der Waals surface area contributed by atoms with Gasteiger partial charge in [-0.05, 0) is 50.6 Å². The van der Waals surface area contributed by atoms with E-state index in [1.807, 2.05) is 23.9 Å². The van der Waals surface area contributed by atoms with Crippen molar-refractivity contribution in [3.05, 3.63) is 42.4 Å². The number of aliphatic carboxylic acids is 1. The standard InChI is InChI=1S/C21H22N6O2.C2HF3O2/c1-12-6-17-19(8-18(12)28)29-21(26-17)16-7-13(9-24-20(16)22)14-10-25-27(11-14)15-2-4-23-5-3-15;3-2(4,5)1(6)7/h6-11,15,23,28H,2-5H2,1H3,(H2,22,24);(H,6,7). The lowest BCUT2D eigenvalue weighted by Crippen LogP contribution is -2.29. The van der Waals surface area contributed by atoms with Crippen molar-refractivity contribution in [3.8, 4) is 28.3 Å². The van der Waals surface area contributed by atoms with Gasteiger partial charge in [-0.2, -0.15) is 18.3 Å². The van der Waals surface area contributed by atoms with Gasteiger partial charge in [-0.1, -0.05) is 0 Å². The first-order valence-electron chi connectivity index (χ1n) is 10.9. The lowest BCUT2D eigenvalue weighted by atomic mass is 10.1. The first-order valence-corrected chi connectivity index (χ1v) is 10.9. The van der Waals surface area contributed by atoms with E-state index in [1.165, 1.54) is 0 Å². The van der Waals surface area contributed by atoms with Crippen molar-refractivity contribution in [3.63, 3.8) is 0 Å². The molecule has 1 saturated heterocycles. The number of fused-ring (bicyclic) bond motifs is 1. The SMILES string of the molecule is Cc1cc2nc(-c3cc(-c4cnn(C5CCNCC5)c4)cnc3N)oc2cc1O.O=C(O)C(F)(F)F. The molecule has 0 spiro atoms. The number of carboxylic acid groups (broad SMARTS) is 1. The van der Waals surface area contributed by atoms with E-state index in [1.54, 1.807) is 18.3 Å². The second-order valence-corrected chi connectivity index (χ2v) is 8.28. The average molecular weight is 504 g/mol. The Labute approximate surface area is 202 Å². The number of alkyl halides is 3. The van der Waals surface area contributed by atoms with Crippen LogP contribution in [-0.2, 0) is 4.79 Å². The smallest absolute Gasteiger partial charge is 0.490 e. The zero-order valence-electron chi connectivity index (χ0n) is 19.1. The number of aromatic hydroxyl groups is 1. The van der Waals surface area contributed by atoms with Crippen LogP contribution in [0.2, 0.25) is 0 Å². The van der Waals surface area contributed by atoms with Gasteiger partial charge in [0.1, 0.15) is 17.1 Å².